The van der Waals surface area contributed by atoms with Crippen molar-refractivity contribution in [3.8, 4) is 0 Å². The lowest BCUT2D eigenvalue weighted by Crippen LogP contribution is -2.32. The zero-order chi connectivity index (χ0) is 16.9. The van der Waals surface area contributed by atoms with E-state index in [-0.39, 0.29) is 23.8 Å². The predicted octanol–water partition coefficient (Wildman–Crippen LogP) is 3.10. The van der Waals surface area contributed by atoms with Crippen LogP contribution in [0.4, 0.5) is 4.39 Å². The fraction of sp³-hybridized carbons (Fsp3) is 0.294. The molecule has 0 spiro atoms. The summed E-state index contributed by atoms with van der Waals surface area (Å²) in [6, 6.07) is 13.2. The van der Waals surface area contributed by atoms with Crippen molar-refractivity contribution in [1.29, 1.82) is 0 Å². The minimum Gasteiger partial charge on any atom is -0.330 e. The van der Waals surface area contributed by atoms with Gasteiger partial charge in [0.05, 0.1) is 4.90 Å². The molecule has 2 rings (SSSR count). The van der Waals surface area contributed by atoms with Gasteiger partial charge in [0, 0.05) is 13.1 Å². The molecule has 7 heteroatoms. The van der Waals surface area contributed by atoms with E-state index in [0.29, 0.717) is 25.1 Å². The first-order chi connectivity index (χ1) is 10.9. The Morgan fingerprint density at radius 1 is 1.12 bits per heavy atom. The van der Waals surface area contributed by atoms with Gasteiger partial charge in [0.2, 0.25) is 10.0 Å². The molecule has 0 heterocycles. The van der Waals surface area contributed by atoms with E-state index in [1.54, 1.807) is 6.92 Å². The SMILES string of the molecule is Cc1cc(S(=O)(=O)N(CCCN)Cc2ccccc2)ccc1F.Cl. The summed E-state index contributed by atoms with van der Waals surface area (Å²) >= 11 is 0. The fourth-order valence-electron chi connectivity index (χ4n) is 2.27. The van der Waals surface area contributed by atoms with Crippen LogP contribution in [-0.2, 0) is 16.6 Å². The molecule has 0 bridgehead atoms. The summed E-state index contributed by atoms with van der Waals surface area (Å²) in [6.45, 7) is 2.54. The normalized spacial score (nSPS) is 11.3. The van der Waals surface area contributed by atoms with Gasteiger partial charge in [0.25, 0.3) is 0 Å². The van der Waals surface area contributed by atoms with E-state index in [4.69, 9.17) is 5.73 Å². The van der Waals surface area contributed by atoms with Gasteiger partial charge in [-0.1, -0.05) is 30.3 Å². The zero-order valence-electron chi connectivity index (χ0n) is 13.5. The van der Waals surface area contributed by atoms with Crippen LogP contribution < -0.4 is 5.73 Å². The van der Waals surface area contributed by atoms with Gasteiger partial charge in [-0.15, -0.1) is 12.4 Å². The highest BCUT2D eigenvalue weighted by Gasteiger charge is 2.24. The predicted molar refractivity (Wildman–Crippen MR) is 96.1 cm³/mol. The summed E-state index contributed by atoms with van der Waals surface area (Å²) in [7, 11) is -3.70. The van der Waals surface area contributed by atoms with Crippen molar-refractivity contribution in [2.24, 2.45) is 5.73 Å². The molecule has 0 saturated carbocycles. The summed E-state index contributed by atoms with van der Waals surface area (Å²) < 4.78 is 40.5. The Kier molecular flexibility index (Phi) is 7.83. The van der Waals surface area contributed by atoms with Gasteiger partial charge >= 0.3 is 0 Å². The number of rotatable bonds is 7. The lowest BCUT2D eigenvalue weighted by atomic mass is 10.2. The Morgan fingerprint density at radius 2 is 1.79 bits per heavy atom. The van der Waals surface area contributed by atoms with Crippen LogP contribution in [0.15, 0.2) is 53.4 Å². The third-order valence-electron chi connectivity index (χ3n) is 3.58. The van der Waals surface area contributed by atoms with E-state index in [1.165, 1.54) is 22.5 Å². The van der Waals surface area contributed by atoms with Gasteiger partial charge in [0.1, 0.15) is 5.82 Å². The van der Waals surface area contributed by atoms with Crippen molar-refractivity contribution in [3.05, 3.63) is 65.5 Å². The van der Waals surface area contributed by atoms with Crippen LogP contribution >= 0.6 is 12.4 Å². The molecule has 2 aromatic carbocycles. The molecule has 4 nitrogen and oxygen atoms in total. The van der Waals surface area contributed by atoms with Gasteiger partial charge in [-0.2, -0.15) is 4.31 Å². The highest BCUT2D eigenvalue weighted by molar-refractivity contribution is 7.89. The van der Waals surface area contributed by atoms with Gasteiger partial charge in [-0.25, -0.2) is 12.8 Å². The van der Waals surface area contributed by atoms with E-state index in [9.17, 15) is 12.8 Å². The summed E-state index contributed by atoms with van der Waals surface area (Å²) in [5, 5.41) is 0. The van der Waals surface area contributed by atoms with Crippen molar-refractivity contribution in [3.63, 3.8) is 0 Å². The van der Waals surface area contributed by atoms with Crippen LogP contribution in [-0.4, -0.2) is 25.8 Å². The molecule has 0 unspecified atom stereocenters. The van der Waals surface area contributed by atoms with E-state index in [2.05, 4.69) is 0 Å². The minimum atomic E-state index is -3.70. The second kappa shape index (κ2) is 9.13. The summed E-state index contributed by atoms with van der Waals surface area (Å²) in [6.07, 6.45) is 0.562. The average Bonchev–Trinajstić information content (AvgIpc) is 2.54. The molecular weight excluding hydrogens is 351 g/mol. The molecule has 2 N–H and O–H groups in total. The van der Waals surface area contributed by atoms with Crippen LogP contribution in [0.25, 0.3) is 0 Å². The van der Waals surface area contributed by atoms with E-state index in [1.807, 2.05) is 30.3 Å². The Balaban J connectivity index is 0.00000288. The zero-order valence-corrected chi connectivity index (χ0v) is 15.1. The van der Waals surface area contributed by atoms with E-state index in [0.717, 1.165) is 5.56 Å². The van der Waals surface area contributed by atoms with Crippen molar-refractivity contribution >= 4 is 22.4 Å². The quantitative estimate of drug-likeness (QED) is 0.812. The molecule has 0 radical (unpaired) electrons. The van der Waals surface area contributed by atoms with E-state index >= 15 is 0 Å². The number of nitrogens with two attached hydrogens (primary N) is 1. The fourth-order valence-corrected chi connectivity index (χ4v) is 3.82. The molecule has 0 amide bonds. The van der Waals surface area contributed by atoms with Crippen LogP contribution in [0.5, 0.6) is 0 Å². The first kappa shape index (κ1) is 20.6. The maximum Gasteiger partial charge on any atom is 0.243 e. The van der Waals surface area contributed by atoms with Crippen LogP contribution in [0.2, 0.25) is 0 Å². The topological polar surface area (TPSA) is 63.4 Å². The second-order valence-electron chi connectivity index (χ2n) is 5.38. The molecule has 2 aromatic rings. The average molecular weight is 373 g/mol. The molecule has 0 saturated heterocycles. The van der Waals surface area contributed by atoms with Crippen molar-refractivity contribution < 1.29 is 12.8 Å². The molecule has 132 valence electrons. The molecule has 24 heavy (non-hydrogen) atoms. The lowest BCUT2D eigenvalue weighted by molar-refractivity contribution is 0.401. The van der Waals surface area contributed by atoms with Gasteiger partial charge in [-0.3, -0.25) is 0 Å². The number of hydrogen-bond acceptors (Lipinski definition) is 3. The molecule has 0 fully saturated rings. The number of benzene rings is 2. The highest BCUT2D eigenvalue weighted by Crippen LogP contribution is 2.21. The molecular formula is C17H22ClFN2O2S. The maximum atomic E-state index is 13.4. The Hall–Kier alpha value is -1.47. The summed E-state index contributed by atoms with van der Waals surface area (Å²) in [4.78, 5) is 0.101. The third-order valence-corrected chi connectivity index (χ3v) is 5.42. The number of aryl methyl sites for hydroxylation is 1. The molecule has 0 aliphatic heterocycles. The lowest BCUT2D eigenvalue weighted by Gasteiger charge is -2.22. The first-order valence-electron chi connectivity index (χ1n) is 7.45. The largest absolute Gasteiger partial charge is 0.330 e. The number of sulfonamides is 1. The van der Waals surface area contributed by atoms with Crippen molar-refractivity contribution in [2.75, 3.05) is 13.1 Å². The Labute approximate surface area is 148 Å². The molecule has 0 aliphatic carbocycles. The molecule has 0 aromatic heterocycles. The highest BCUT2D eigenvalue weighted by atomic mass is 35.5. The van der Waals surface area contributed by atoms with Crippen LogP contribution in [0.3, 0.4) is 0 Å². The summed E-state index contributed by atoms with van der Waals surface area (Å²) in [5.74, 6) is -0.416. The smallest absolute Gasteiger partial charge is 0.243 e. The third kappa shape index (κ3) is 5.01. The van der Waals surface area contributed by atoms with Gasteiger partial charge in [-0.05, 0) is 49.2 Å². The number of halogens is 2. The monoisotopic (exact) mass is 372 g/mol. The van der Waals surface area contributed by atoms with Crippen molar-refractivity contribution in [2.45, 2.75) is 24.8 Å². The first-order valence-corrected chi connectivity index (χ1v) is 8.89. The number of nitrogens with zero attached hydrogens (tertiary/aromatic N) is 1. The Morgan fingerprint density at radius 3 is 2.38 bits per heavy atom. The Bertz CT molecular complexity index is 754. The van der Waals surface area contributed by atoms with Gasteiger partial charge < -0.3 is 5.73 Å². The van der Waals surface area contributed by atoms with Crippen LogP contribution in [0, 0.1) is 12.7 Å². The molecule has 0 aliphatic rings. The number of hydrogen-bond donors (Lipinski definition) is 1. The molecule has 0 atom stereocenters. The van der Waals surface area contributed by atoms with Crippen molar-refractivity contribution in [1.82, 2.24) is 4.31 Å². The maximum absolute atomic E-state index is 13.4. The van der Waals surface area contributed by atoms with Gasteiger partial charge in [0.15, 0.2) is 0 Å². The standard InChI is InChI=1S/C17H21FN2O2S.ClH/c1-14-12-16(8-9-17(14)18)23(21,22)20(11-5-10-19)13-15-6-3-2-4-7-15;/h2-4,6-9,12H,5,10-11,13,19H2,1H3;1H. The van der Waals surface area contributed by atoms with Crippen LogP contribution in [0.1, 0.15) is 17.5 Å². The second-order valence-corrected chi connectivity index (χ2v) is 7.32. The summed E-state index contributed by atoms with van der Waals surface area (Å²) in [5.41, 5.74) is 6.73. The van der Waals surface area contributed by atoms with E-state index < -0.39 is 15.8 Å². The minimum absolute atomic E-state index is 0.